The van der Waals surface area contributed by atoms with E-state index in [-0.39, 0.29) is 6.61 Å². The van der Waals surface area contributed by atoms with Crippen LogP contribution in [0.2, 0.25) is 0 Å². The molecule has 0 saturated carbocycles. The normalized spacial score (nSPS) is 10.4. The number of nitrogens with two attached hydrogens (primary N) is 1. The molecule has 1 heterocycles. The first-order valence-corrected chi connectivity index (χ1v) is 7.84. The Bertz CT molecular complexity index is 852. The van der Waals surface area contributed by atoms with Crippen LogP contribution in [-0.2, 0) is 6.61 Å². The fourth-order valence-electron chi connectivity index (χ4n) is 2.41. The van der Waals surface area contributed by atoms with Gasteiger partial charge >= 0.3 is 0 Å². The number of anilines is 1. The smallest absolute Gasteiger partial charge is 0.203 e. The summed E-state index contributed by atoms with van der Waals surface area (Å²) in [5.41, 5.74) is 7.07. The highest BCUT2D eigenvalue weighted by molar-refractivity contribution is 5.66. The van der Waals surface area contributed by atoms with Crippen molar-refractivity contribution < 1.29 is 18.9 Å². The van der Waals surface area contributed by atoms with Crippen LogP contribution in [0.1, 0.15) is 5.82 Å². The van der Waals surface area contributed by atoms with E-state index in [1.807, 2.05) is 0 Å². The highest BCUT2D eigenvalue weighted by Gasteiger charge is 2.16. The molecule has 0 atom stereocenters. The van der Waals surface area contributed by atoms with Crippen molar-refractivity contribution in [1.29, 1.82) is 0 Å². The molecule has 1 aromatic heterocycles. The van der Waals surface area contributed by atoms with E-state index in [0.29, 0.717) is 40.3 Å². The van der Waals surface area contributed by atoms with Crippen LogP contribution < -0.4 is 24.7 Å². The lowest BCUT2D eigenvalue weighted by atomic mass is 10.1. The molecule has 0 fully saturated rings. The molecule has 136 valence electrons. The summed E-state index contributed by atoms with van der Waals surface area (Å²) in [6, 6.07) is 10.7. The molecule has 0 aliphatic carbocycles. The van der Waals surface area contributed by atoms with Crippen molar-refractivity contribution >= 4 is 5.69 Å². The van der Waals surface area contributed by atoms with Gasteiger partial charge in [0.05, 0.1) is 21.3 Å². The minimum atomic E-state index is 0.251. The zero-order chi connectivity index (χ0) is 18.5. The Balaban J connectivity index is 1.79. The maximum Gasteiger partial charge on any atom is 0.203 e. The molecule has 0 unspecified atom stereocenters. The predicted octanol–water partition coefficient (Wildman–Crippen LogP) is 2.66. The van der Waals surface area contributed by atoms with Crippen LogP contribution in [0.5, 0.6) is 23.0 Å². The van der Waals surface area contributed by atoms with Gasteiger partial charge in [0.15, 0.2) is 23.1 Å². The minimum Gasteiger partial charge on any atom is -0.493 e. The number of nitrogens with zero attached hydrogens (tertiary/aromatic N) is 2. The molecular weight excluding hydrogens is 336 g/mol. The summed E-state index contributed by atoms with van der Waals surface area (Å²) in [4.78, 5) is 4.45. The van der Waals surface area contributed by atoms with Gasteiger partial charge in [0.2, 0.25) is 5.75 Å². The van der Waals surface area contributed by atoms with Crippen molar-refractivity contribution in [2.24, 2.45) is 0 Å². The second-order valence-corrected chi connectivity index (χ2v) is 5.38. The summed E-state index contributed by atoms with van der Waals surface area (Å²) in [5, 5.41) is 7.10. The third kappa shape index (κ3) is 3.64. The van der Waals surface area contributed by atoms with Crippen LogP contribution in [0.3, 0.4) is 0 Å². The van der Waals surface area contributed by atoms with E-state index in [1.54, 1.807) is 57.7 Å². The lowest BCUT2D eigenvalue weighted by Gasteiger charge is -2.12. The zero-order valence-corrected chi connectivity index (χ0v) is 14.8. The fraction of sp³-hybridized carbons (Fsp3) is 0.222. The van der Waals surface area contributed by atoms with Crippen molar-refractivity contribution in [3.05, 3.63) is 42.2 Å². The zero-order valence-electron chi connectivity index (χ0n) is 14.8. The maximum absolute atomic E-state index is 5.66. The number of ether oxygens (including phenoxy) is 4. The Labute approximate surface area is 150 Å². The number of hydrogen-bond acceptors (Lipinski definition) is 7. The van der Waals surface area contributed by atoms with Crippen LogP contribution in [0.4, 0.5) is 5.69 Å². The van der Waals surface area contributed by atoms with E-state index in [2.05, 4.69) is 15.2 Å². The summed E-state index contributed by atoms with van der Waals surface area (Å²) < 4.78 is 21.7. The average molecular weight is 356 g/mol. The third-order valence-corrected chi connectivity index (χ3v) is 3.71. The standard InChI is InChI=1S/C18H20N4O4/c1-23-14-8-11(9-15(24-2)17(14)25-3)18-20-16(21-22-18)10-26-13-6-4-12(19)5-7-13/h4-9H,10,19H2,1-3H3,(H,20,21,22). The Morgan fingerprint density at radius 2 is 1.62 bits per heavy atom. The highest BCUT2D eigenvalue weighted by Crippen LogP contribution is 2.40. The molecule has 0 radical (unpaired) electrons. The number of aromatic nitrogens is 3. The number of hydrogen-bond donors (Lipinski definition) is 2. The van der Waals surface area contributed by atoms with Crippen molar-refractivity contribution in [2.45, 2.75) is 6.61 Å². The van der Waals surface area contributed by atoms with Gasteiger partial charge in [-0.25, -0.2) is 4.98 Å². The molecule has 0 saturated heterocycles. The summed E-state index contributed by atoms with van der Waals surface area (Å²) in [7, 11) is 4.68. The first-order chi connectivity index (χ1) is 12.6. The van der Waals surface area contributed by atoms with Crippen LogP contribution in [0.15, 0.2) is 36.4 Å². The van der Waals surface area contributed by atoms with Gasteiger partial charge in [-0.2, -0.15) is 5.10 Å². The highest BCUT2D eigenvalue weighted by atomic mass is 16.5. The SMILES string of the molecule is COc1cc(-c2n[nH]c(COc3ccc(N)cc3)n2)cc(OC)c1OC. The molecule has 3 N–H and O–H groups in total. The van der Waals surface area contributed by atoms with Crippen molar-refractivity contribution in [2.75, 3.05) is 27.1 Å². The Morgan fingerprint density at radius 3 is 2.19 bits per heavy atom. The molecule has 8 nitrogen and oxygen atoms in total. The van der Waals surface area contributed by atoms with Crippen molar-refractivity contribution in [3.8, 4) is 34.4 Å². The molecule has 0 aliphatic heterocycles. The molecule has 0 amide bonds. The number of nitrogen functional groups attached to an aromatic ring is 1. The molecule has 0 bridgehead atoms. The molecule has 8 heteroatoms. The number of aromatic amines is 1. The second-order valence-electron chi connectivity index (χ2n) is 5.38. The van der Waals surface area contributed by atoms with Crippen LogP contribution in [-0.4, -0.2) is 36.5 Å². The Kier molecular flexibility index (Phi) is 5.12. The van der Waals surface area contributed by atoms with Crippen LogP contribution >= 0.6 is 0 Å². The second kappa shape index (κ2) is 7.64. The summed E-state index contributed by atoms with van der Waals surface area (Å²) in [6.45, 7) is 0.251. The number of benzene rings is 2. The minimum absolute atomic E-state index is 0.251. The van der Waals surface area contributed by atoms with Gasteiger partial charge in [0.1, 0.15) is 12.4 Å². The van der Waals surface area contributed by atoms with Gasteiger partial charge in [-0.15, -0.1) is 0 Å². The first-order valence-electron chi connectivity index (χ1n) is 7.84. The molecule has 0 spiro atoms. The molecule has 26 heavy (non-hydrogen) atoms. The Morgan fingerprint density at radius 1 is 0.962 bits per heavy atom. The quantitative estimate of drug-likeness (QED) is 0.627. The monoisotopic (exact) mass is 356 g/mol. The maximum atomic E-state index is 5.66. The lowest BCUT2D eigenvalue weighted by Crippen LogP contribution is -1.98. The summed E-state index contributed by atoms with van der Waals surface area (Å²) in [6.07, 6.45) is 0. The third-order valence-electron chi connectivity index (χ3n) is 3.71. The molecule has 2 aromatic carbocycles. The van der Waals surface area contributed by atoms with E-state index in [4.69, 9.17) is 24.7 Å². The van der Waals surface area contributed by atoms with Gasteiger partial charge in [0.25, 0.3) is 0 Å². The fourth-order valence-corrected chi connectivity index (χ4v) is 2.41. The number of methoxy groups -OCH3 is 3. The van der Waals surface area contributed by atoms with Gasteiger partial charge in [-0.05, 0) is 36.4 Å². The number of rotatable bonds is 7. The lowest BCUT2D eigenvalue weighted by molar-refractivity contribution is 0.296. The molecule has 3 rings (SSSR count). The largest absolute Gasteiger partial charge is 0.493 e. The van der Waals surface area contributed by atoms with Crippen LogP contribution in [0.25, 0.3) is 11.4 Å². The van der Waals surface area contributed by atoms with Crippen molar-refractivity contribution in [3.63, 3.8) is 0 Å². The Hall–Kier alpha value is -3.42. The van der Waals surface area contributed by atoms with Gasteiger partial charge < -0.3 is 24.7 Å². The summed E-state index contributed by atoms with van der Waals surface area (Å²) >= 11 is 0. The van der Waals surface area contributed by atoms with E-state index < -0.39 is 0 Å². The van der Waals surface area contributed by atoms with E-state index in [9.17, 15) is 0 Å². The van der Waals surface area contributed by atoms with Gasteiger partial charge in [-0.1, -0.05) is 0 Å². The molecule has 3 aromatic rings. The number of H-pyrrole nitrogens is 1. The van der Waals surface area contributed by atoms with Gasteiger partial charge in [-0.3, -0.25) is 5.10 Å². The topological polar surface area (TPSA) is 105 Å². The average Bonchev–Trinajstić information content (AvgIpc) is 3.15. The number of nitrogens with one attached hydrogen (secondary N) is 1. The van der Waals surface area contributed by atoms with Crippen LogP contribution in [0, 0.1) is 0 Å². The molecular formula is C18H20N4O4. The van der Waals surface area contributed by atoms with Gasteiger partial charge in [0, 0.05) is 11.3 Å². The summed E-state index contributed by atoms with van der Waals surface area (Å²) in [5.74, 6) is 3.37. The predicted molar refractivity (Wildman–Crippen MR) is 96.7 cm³/mol. The van der Waals surface area contributed by atoms with E-state index in [0.717, 1.165) is 5.56 Å². The first kappa shape index (κ1) is 17.4. The van der Waals surface area contributed by atoms with Crippen molar-refractivity contribution in [1.82, 2.24) is 15.2 Å². The van der Waals surface area contributed by atoms with E-state index >= 15 is 0 Å². The molecule has 0 aliphatic rings. The van der Waals surface area contributed by atoms with E-state index in [1.165, 1.54) is 0 Å².